The van der Waals surface area contributed by atoms with E-state index in [1.165, 1.54) is 11.8 Å². The van der Waals surface area contributed by atoms with Crippen molar-refractivity contribution in [3.8, 4) is 5.75 Å². The van der Waals surface area contributed by atoms with Gasteiger partial charge in [-0.15, -0.1) is 11.8 Å². The van der Waals surface area contributed by atoms with Gasteiger partial charge < -0.3 is 19.7 Å². The summed E-state index contributed by atoms with van der Waals surface area (Å²) < 4.78 is 10.2. The summed E-state index contributed by atoms with van der Waals surface area (Å²) >= 11 is 1.50. The van der Waals surface area contributed by atoms with E-state index in [0.717, 1.165) is 22.6 Å². The molecule has 2 N–H and O–H groups in total. The summed E-state index contributed by atoms with van der Waals surface area (Å²) in [6, 6.07) is 6.98. The number of nitrogens with one attached hydrogen (secondary N) is 1. The fourth-order valence-corrected chi connectivity index (χ4v) is 3.10. The van der Waals surface area contributed by atoms with Crippen LogP contribution in [0.5, 0.6) is 5.75 Å². The van der Waals surface area contributed by atoms with Gasteiger partial charge in [-0.2, -0.15) is 0 Å². The minimum Gasteiger partial charge on any atom is -0.482 e. The molecule has 7 nitrogen and oxygen atoms in total. The smallest absolute Gasteiger partial charge is 0.341 e. The lowest BCUT2D eigenvalue weighted by Crippen LogP contribution is -2.24. The summed E-state index contributed by atoms with van der Waals surface area (Å²) in [5, 5.41) is 15.3. The molecule has 25 heavy (non-hydrogen) atoms. The van der Waals surface area contributed by atoms with Gasteiger partial charge in [0.25, 0.3) is 0 Å². The molecule has 8 heteroatoms. The molecule has 0 unspecified atom stereocenters. The molecule has 0 aliphatic carbocycles. The maximum absolute atomic E-state index is 11.9. The van der Waals surface area contributed by atoms with Crippen LogP contribution in [0.2, 0.25) is 0 Å². The van der Waals surface area contributed by atoms with Crippen molar-refractivity contribution >= 4 is 23.6 Å². The molecule has 0 atom stereocenters. The van der Waals surface area contributed by atoms with Crippen LogP contribution >= 0.6 is 11.8 Å². The molecule has 0 saturated carbocycles. The van der Waals surface area contributed by atoms with Crippen molar-refractivity contribution in [3.63, 3.8) is 0 Å². The van der Waals surface area contributed by atoms with Gasteiger partial charge >= 0.3 is 5.97 Å². The van der Waals surface area contributed by atoms with Crippen molar-refractivity contribution in [2.24, 2.45) is 0 Å². The molecule has 1 heterocycles. The summed E-state index contributed by atoms with van der Waals surface area (Å²) in [6.45, 7) is 3.70. The van der Waals surface area contributed by atoms with E-state index >= 15 is 0 Å². The lowest BCUT2D eigenvalue weighted by atomic mass is 10.2. The predicted octanol–water partition coefficient (Wildman–Crippen LogP) is 2.30. The van der Waals surface area contributed by atoms with Crippen molar-refractivity contribution < 1.29 is 24.0 Å². The molecule has 1 amide bonds. The van der Waals surface area contributed by atoms with Crippen molar-refractivity contribution in [2.75, 3.05) is 12.4 Å². The highest BCUT2D eigenvalue weighted by molar-refractivity contribution is 7.99. The first-order valence-electron chi connectivity index (χ1n) is 7.65. The number of aliphatic carboxylic acids is 1. The first kappa shape index (κ1) is 18.9. The van der Waals surface area contributed by atoms with Gasteiger partial charge in [0.1, 0.15) is 11.5 Å². The number of carboxylic acid groups (broad SMARTS) is 1. The number of carboxylic acids is 1. The van der Waals surface area contributed by atoms with E-state index in [9.17, 15) is 9.59 Å². The molecule has 1 aromatic carbocycles. The summed E-state index contributed by atoms with van der Waals surface area (Å²) in [6.07, 6.45) is 0. The minimum atomic E-state index is -1.03. The van der Waals surface area contributed by atoms with Crippen molar-refractivity contribution in [1.29, 1.82) is 0 Å². The van der Waals surface area contributed by atoms with Crippen molar-refractivity contribution in [2.45, 2.75) is 26.1 Å². The Balaban J connectivity index is 1.74. The fraction of sp³-hybridized carbons (Fsp3) is 0.353. The maximum atomic E-state index is 11.9. The first-order chi connectivity index (χ1) is 12.0. The van der Waals surface area contributed by atoms with E-state index in [1.807, 2.05) is 19.9 Å². The third-order valence-corrected chi connectivity index (χ3v) is 4.37. The Kier molecular flexibility index (Phi) is 6.88. The second-order valence-electron chi connectivity index (χ2n) is 5.40. The van der Waals surface area contributed by atoms with Gasteiger partial charge in [-0.05, 0) is 31.5 Å². The molecule has 134 valence electrons. The van der Waals surface area contributed by atoms with Crippen LogP contribution in [0.4, 0.5) is 0 Å². The van der Waals surface area contributed by atoms with Crippen LogP contribution in [0.15, 0.2) is 28.8 Å². The molecule has 0 bridgehead atoms. The number of ether oxygens (including phenoxy) is 1. The zero-order valence-electron chi connectivity index (χ0n) is 14.1. The van der Waals surface area contributed by atoms with Crippen LogP contribution in [0, 0.1) is 13.8 Å². The quantitative estimate of drug-likeness (QED) is 0.704. The van der Waals surface area contributed by atoms with Gasteiger partial charge in [0.15, 0.2) is 6.61 Å². The third kappa shape index (κ3) is 6.15. The van der Waals surface area contributed by atoms with Crippen LogP contribution < -0.4 is 10.1 Å². The van der Waals surface area contributed by atoms with Gasteiger partial charge in [0.2, 0.25) is 5.91 Å². The minimum absolute atomic E-state index is 0.0754. The Morgan fingerprint density at radius 3 is 2.84 bits per heavy atom. The van der Waals surface area contributed by atoms with Gasteiger partial charge in [0.05, 0.1) is 11.4 Å². The number of carbonyl (C=O) groups is 2. The summed E-state index contributed by atoms with van der Waals surface area (Å²) in [4.78, 5) is 22.4. The fourth-order valence-electron chi connectivity index (χ4n) is 2.10. The number of rotatable bonds is 9. The Hall–Kier alpha value is -2.48. The van der Waals surface area contributed by atoms with Crippen LogP contribution in [0.3, 0.4) is 0 Å². The molecule has 2 rings (SSSR count). The van der Waals surface area contributed by atoms with Crippen molar-refractivity contribution in [1.82, 2.24) is 10.5 Å². The van der Waals surface area contributed by atoms with E-state index in [4.69, 9.17) is 14.4 Å². The SMILES string of the molecule is Cc1noc(C)c1CSCC(=O)NCc1cccc(OCC(=O)O)c1. The molecule has 0 spiro atoms. The normalized spacial score (nSPS) is 10.5. The van der Waals surface area contributed by atoms with E-state index in [2.05, 4.69) is 10.5 Å². The Morgan fingerprint density at radius 2 is 2.16 bits per heavy atom. The monoisotopic (exact) mass is 364 g/mol. The molecule has 1 aromatic heterocycles. The number of nitrogens with zero attached hydrogens (tertiary/aromatic N) is 1. The zero-order chi connectivity index (χ0) is 18.2. The topological polar surface area (TPSA) is 102 Å². The molecule has 0 saturated heterocycles. The maximum Gasteiger partial charge on any atom is 0.341 e. The van der Waals surface area contributed by atoms with Gasteiger partial charge in [-0.25, -0.2) is 4.79 Å². The first-order valence-corrected chi connectivity index (χ1v) is 8.81. The number of hydrogen-bond donors (Lipinski definition) is 2. The number of hydrogen-bond acceptors (Lipinski definition) is 6. The Bertz CT molecular complexity index is 725. The highest BCUT2D eigenvalue weighted by atomic mass is 32.2. The van der Waals surface area contributed by atoms with Crippen LogP contribution in [0.1, 0.15) is 22.6 Å². The Morgan fingerprint density at radius 1 is 1.36 bits per heavy atom. The number of aryl methyl sites for hydroxylation is 2. The highest BCUT2D eigenvalue weighted by Crippen LogP contribution is 2.19. The molecule has 2 aromatic rings. The molecule has 0 fully saturated rings. The lowest BCUT2D eigenvalue weighted by molar-refractivity contribution is -0.139. The van der Waals surface area contributed by atoms with E-state index in [0.29, 0.717) is 23.8 Å². The number of carbonyl (C=O) groups excluding carboxylic acids is 1. The van der Waals surface area contributed by atoms with Gasteiger partial charge in [-0.3, -0.25) is 4.79 Å². The Labute approximate surface area is 149 Å². The number of benzene rings is 1. The van der Waals surface area contributed by atoms with E-state index in [-0.39, 0.29) is 5.91 Å². The summed E-state index contributed by atoms with van der Waals surface area (Å²) in [5.74, 6) is 1.14. The van der Waals surface area contributed by atoms with E-state index in [1.54, 1.807) is 18.2 Å². The van der Waals surface area contributed by atoms with Crippen LogP contribution in [-0.2, 0) is 21.9 Å². The molecule has 0 aliphatic heterocycles. The second-order valence-corrected chi connectivity index (χ2v) is 6.39. The third-order valence-electron chi connectivity index (χ3n) is 3.41. The zero-order valence-corrected chi connectivity index (χ0v) is 14.9. The lowest BCUT2D eigenvalue weighted by Gasteiger charge is -2.08. The van der Waals surface area contributed by atoms with Gasteiger partial charge in [-0.1, -0.05) is 17.3 Å². The average molecular weight is 364 g/mol. The van der Waals surface area contributed by atoms with Crippen LogP contribution in [-0.4, -0.2) is 34.5 Å². The standard InChI is InChI=1S/C17H20N2O5S/c1-11-15(12(2)24-19-11)9-25-10-16(20)18-7-13-4-3-5-14(6-13)23-8-17(21)22/h3-6H,7-10H2,1-2H3,(H,18,20)(H,21,22). The second kappa shape index (κ2) is 9.12. The van der Waals surface area contributed by atoms with Crippen molar-refractivity contribution in [3.05, 3.63) is 46.8 Å². The number of thioether (sulfide) groups is 1. The summed E-state index contributed by atoms with van der Waals surface area (Å²) in [5.41, 5.74) is 2.72. The molecular weight excluding hydrogens is 344 g/mol. The number of amides is 1. The summed E-state index contributed by atoms with van der Waals surface area (Å²) in [7, 11) is 0. The van der Waals surface area contributed by atoms with Gasteiger partial charge in [0, 0.05) is 17.9 Å². The predicted molar refractivity (Wildman–Crippen MR) is 93.6 cm³/mol. The largest absolute Gasteiger partial charge is 0.482 e. The highest BCUT2D eigenvalue weighted by Gasteiger charge is 2.10. The molecular formula is C17H20N2O5S. The molecule has 0 aliphatic rings. The molecule has 0 radical (unpaired) electrons. The van der Waals surface area contributed by atoms with E-state index < -0.39 is 12.6 Å². The number of aromatic nitrogens is 1. The van der Waals surface area contributed by atoms with Crippen LogP contribution in [0.25, 0.3) is 0 Å². The average Bonchev–Trinajstić information content (AvgIpc) is 2.90.